The maximum Gasteiger partial charge on any atom is 0.126 e. The lowest BCUT2D eigenvalue weighted by Gasteiger charge is -2.11. The van der Waals surface area contributed by atoms with Crippen LogP contribution in [0.3, 0.4) is 0 Å². The summed E-state index contributed by atoms with van der Waals surface area (Å²) in [5, 5.41) is 3.42. The molecular weight excluding hydrogens is 272 g/mol. The van der Waals surface area contributed by atoms with Crippen LogP contribution in [0, 0.1) is 5.92 Å². The molecular formula is C18H22N4. The summed E-state index contributed by atoms with van der Waals surface area (Å²) in [6, 6.07) is 12.4. The van der Waals surface area contributed by atoms with Crippen molar-refractivity contribution in [1.29, 1.82) is 0 Å². The van der Waals surface area contributed by atoms with E-state index in [9.17, 15) is 0 Å². The molecule has 22 heavy (non-hydrogen) atoms. The molecule has 4 nitrogen and oxygen atoms in total. The zero-order chi connectivity index (χ0) is 15.5. The molecule has 114 valence electrons. The monoisotopic (exact) mass is 294 g/mol. The molecule has 0 saturated heterocycles. The lowest BCUT2D eigenvalue weighted by atomic mass is 10.1. The highest BCUT2D eigenvalue weighted by atomic mass is 15.0. The fourth-order valence-corrected chi connectivity index (χ4v) is 2.40. The van der Waals surface area contributed by atoms with E-state index in [1.807, 2.05) is 36.1 Å². The Morgan fingerprint density at radius 2 is 2.09 bits per heavy atom. The van der Waals surface area contributed by atoms with E-state index in [1.54, 1.807) is 0 Å². The van der Waals surface area contributed by atoms with Crippen LogP contribution in [-0.2, 0) is 7.05 Å². The van der Waals surface area contributed by atoms with Crippen molar-refractivity contribution in [2.45, 2.75) is 20.3 Å². The van der Waals surface area contributed by atoms with Gasteiger partial charge in [-0.25, -0.2) is 9.97 Å². The lowest BCUT2D eigenvalue weighted by molar-refractivity contribution is 0.592. The predicted molar refractivity (Wildman–Crippen MR) is 91.9 cm³/mol. The first-order valence-electron chi connectivity index (χ1n) is 7.79. The summed E-state index contributed by atoms with van der Waals surface area (Å²) in [4.78, 5) is 9.09. The number of anilines is 1. The second kappa shape index (κ2) is 6.18. The number of aryl methyl sites for hydroxylation is 1. The van der Waals surface area contributed by atoms with Gasteiger partial charge in [0.2, 0.25) is 0 Å². The van der Waals surface area contributed by atoms with Crippen LogP contribution in [0.25, 0.3) is 22.3 Å². The highest BCUT2D eigenvalue weighted by Crippen LogP contribution is 2.23. The molecule has 2 heterocycles. The fourth-order valence-electron chi connectivity index (χ4n) is 2.40. The molecule has 0 saturated carbocycles. The van der Waals surface area contributed by atoms with E-state index in [4.69, 9.17) is 4.98 Å². The zero-order valence-corrected chi connectivity index (χ0v) is 13.4. The average molecular weight is 294 g/mol. The van der Waals surface area contributed by atoms with Crippen LogP contribution in [0.4, 0.5) is 5.82 Å². The number of pyridine rings is 1. The van der Waals surface area contributed by atoms with Crippen molar-refractivity contribution < 1.29 is 0 Å². The van der Waals surface area contributed by atoms with Gasteiger partial charge in [-0.3, -0.25) is 0 Å². The number of nitrogens with one attached hydrogen (secondary N) is 1. The van der Waals surface area contributed by atoms with Gasteiger partial charge in [0, 0.05) is 19.2 Å². The Balaban J connectivity index is 1.88. The number of nitrogens with zero attached hydrogens (tertiary/aromatic N) is 3. The van der Waals surface area contributed by atoms with Crippen molar-refractivity contribution in [3.8, 4) is 11.3 Å². The van der Waals surface area contributed by atoms with E-state index in [0.29, 0.717) is 5.92 Å². The van der Waals surface area contributed by atoms with Crippen molar-refractivity contribution in [2.24, 2.45) is 13.0 Å². The summed E-state index contributed by atoms with van der Waals surface area (Å²) >= 11 is 0. The minimum atomic E-state index is 0.649. The molecule has 0 amide bonds. The second-order valence-corrected chi connectivity index (χ2v) is 5.86. The summed E-state index contributed by atoms with van der Waals surface area (Å²) in [7, 11) is 2.01. The van der Waals surface area contributed by atoms with Gasteiger partial charge in [0.25, 0.3) is 0 Å². The number of fused-ring (bicyclic) bond motifs is 1. The van der Waals surface area contributed by atoms with Crippen LogP contribution in [0.2, 0.25) is 0 Å². The standard InChI is InChI=1S/C18H22N4/c1-4-13(2)11-19-18-7-5-6-15(21-18)14-8-9-16-17(10-14)22(3)12-20-16/h5-10,12-13H,4,11H2,1-3H3,(H,19,21). The number of aromatic nitrogens is 3. The van der Waals surface area contributed by atoms with Crippen LogP contribution < -0.4 is 5.32 Å². The van der Waals surface area contributed by atoms with Gasteiger partial charge in [0.1, 0.15) is 5.82 Å². The summed E-state index contributed by atoms with van der Waals surface area (Å²) in [5.41, 5.74) is 4.23. The fraction of sp³-hybridized carbons (Fsp3) is 0.333. The van der Waals surface area contributed by atoms with Crippen molar-refractivity contribution in [3.05, 3.63) is 42.7 Å². The van der Waals surface area contributed by atoms with Gasteiger partial charge in [-0.1, -0.05) is 32.4 Å². The van der Waals surface area contributed by atoms with Gasteiger partial charge >= 0.3 is 0 Å². The Morgan fingerprint density at radius 1 is 1.23 bits per heavy atom. The van der Waals surface area contributed by atoms with Crippen LogP contribution in [0.5, 0.6) is 0 Å². The van der Waals surface area contributed by atoms with Gasteiger partial charge in [0.15, 0.2) is 0 Å². The van der Waals surface area contributed by atoms with Crippen LogP contribution in [0.15, 0.2) is 42.7 Å². The number of benzene rings is 1. The van der Waals surface area contributed by atoms with Gasteiger partial charge < -0.3 is 9.88 Å². The SMILES string of the molecule is CCC(C)CNc1cccc(-c2ccc3ncn(C)c3c2)n1. The second-order valence-electron chi connectivity index (χ2n) is 5.86. The maximum atomic E-state index is 4.73. The van der Waals surface area contributed by atoms with Crippen molar-refractivity contribution in [2.75, 3.05) is 11.9 Å². The van der Waals surface area contributed by atoms with E-state index in [0.717, 1.165) is 34.7 Å². The molecule has 0 spiro atoms. The quantitative estimate of drug-likeness (QED) is 0.770. The first-order valence-corrected chi connectivity index (χ1v) is 7.79. The first-order chi connectivity index (χ1) is 10.7. The molecule has 0 bridgehead atoms. The van der Waals surface area contributed by atoms with E-state index < -0.39 is 0 Å². The zero-order valence-electron chi connectivity index (χ0n) is 13.4. The van der Waals surface area contributed by atoms with Crippen molar-refractivity contribution >= 4 is 16.9 Å². The van der Waals surface area contributed by atoms with Crippen molar-refractivity contribution in [1.82, 2.24) is 14.5 Å². The highest BCUT2D eigenvalue weighted by Gasteiger charge is 2.06. The van der Waals surface area contributed by atoms with E-state index in [2.05, 4.69) is 42.3 Å². The molecule has 1 aromatic carbocycles. The van der Waals surface area contributed by atoms with Crippen LogP contribution in [-0.4, -0.2) is 21.1 Å². The molecule has 0 aliphatic rings. The predicted octanol–water partition coefficient (Wildman–Crippen LogP) is 4.09. The van der Waals surface area contributed by atoms with Gasteiger partial charge in [-0.2, -0.15) is 0 Å². The van der Waals surface area contributed by atoms with Gasteiger partial charge in [-0.15, -0.1) is 0 Å². The normalized spacial score (nSPS) is 12.5. The molecule has 4 heteroatoms. The molecule has 2 aromatic heterocycles. The molecule has 0 aliphatic heterocycles. The molecule has 0 aliphatic carbocycles. The molecule has 1 N–H and O–H groups in total. The molecule has 3 rings (SSSR count). The molecule has 0 radical (unpaired) electrons. The summed E-state index contributed by atoms with van der Waals surface area (Å²) < 4.78 is 2.03. The third-order valence-corrected chi connectivity index (χ3v) is 4.10. The Labute approximate surface area is 131 Å². The van der Waals surface area contributed by atoms with Crippen molar-refractivity contribution in [3.63, 3.8) is 0 Å². The minimum Gasteiger partial charge on any atom is -0.370 e. The third-order valence-electron chi connectivity index (χ3n) is 4.10. The number of hydrogen-bond donors (Lipinski definition) is 1. The Bertz CT molecular complexity index is 776. The lowest BCUT2D eigenvalue weighted by Crippen LogP contribution is -2.11. The molecule has 0 fully saturated rings. The summed E-state index contributed by atoms with van der Waals surface area (Å²) in [6.07, 6.45) is 3.01. The Hall–Kier alpha value is -2.36. The molecule has 1 unspecified atom stereocenters. The maximum absolute atomic E-state index is 4.73. The van der Waals surface area contributed by atoms with E-state index in [1.165, 1.54) is 6.42 Å². The van der Waals surface area contributed by atoms with Crippen LogP contribution in [0.1, 0.15) is 20.3 Å². The molecule has 1 atom stereocenters. The Morgan fingerprint density at radius 3 is 2.91 bits per heavy atom. The number of imidazole rings is 1. The summed E-state index contributed by atoms with van der Waals surface area (Å²) in [5.74, 6) is 1.58. The smallest absolute Gasteiger partial charge is 0.126 e. The topological polar surface area (TPSA) is 42.7 Å². The minimum absolute atomic E-state index is 0.649. The van der Waals surface area contributed by atoms with Gasteiger partial charge in [-0.05, 0) is 30.2 Å². The van der Waals surface area contributed by atoms with Crippen LogP contribution >= 0.6 is 0 Å². The average Bonchev–Trinajstić information content (AvgIpc) is 2.93. The highest BCUT2D eigenvalue weighted by molar-refractivity contribution is 5.81. The van der Waals surface area contributed by atoms with Gasteiger partial charge in [0.05, 0.1) is 23.1 Å². The largest absolute Gasteiger partial charge is 0.370 e. The third kappa shape index (κ3) is 2.96. The Kier molecular flexibility index (Phi) is 4.09. The number of rotatable bonds is 5. The van der Waals surface area contributed by atoms with E-state index >= 15 is 0 Å². The number of hydrogen-bond acceptors (Lipinski definition) is 3. The first kappa shape index (κ1) is 14.6. The summed E-state index contributed by atoms with van der Waals surface area (Å²) in [6.45, 7) is 5.40. The van der Waals surface area contributed by atoms with E-state index in [-0.39, 0.29) is 0 Å². The molecule has 3 aromatic rings.